The van der Waals surface area contributed by atoms with Crippen LogP contribution in [0.4, 0.5) is 0 Å². The Morgan fingerprint density at radius 2 is 1.94 bits per heavy atom. The van der Waals surface area contributed by atoms with Crippen molar-refractivity contribution in [3.63, 3.8) is 0 Å². The molecule has 0 radical (unpaired) electrons. The second kappa shape index (κ2) is 7.27. The molecular formula is C15H26N2O. The summed E-state index contributed by atoms with van der Waals surface area (Å²) in [6.07, 6.45) is 4.48. The van der Waals surface area contributed by atoms with Crippen LogP contribution in [0.25, 0.3) is 0 Å². The van der Waals surface area contributed by atoms with E-state index < -0.39 is 0 Å². The molecule has 0 aromatic carbocycles. The summed E-state index contributed by atoms with van der Waals surface area (Å²) in [7, 11) is 1.85. The first-order chi connectivity index (χ1) is 8.54. The molecule has 1 saturated heterocycles. The predicted molar refractivity (Wildman–Crippen MR) is 77.2 cm³/mol. The van der Waals surface area contributed by atoms with Gasteiger partial charge < -0.3 is 15.4 Å². The fraction of sp³-hybridized carbons (Fsp3) is 0.600. The minimum Gasteiger partial charge on any atom is -0.489 e. The normalized spacial score (nSPS) is 17.7. The monoisotopic (exact) mass is 250 g/mol. The van der Waals surface area contributed by atoms with Gasteiger partial charge in [-0.2, -0.15) is 0 Å². The molecule has 2 N–H and O–H groups in total. The van der Waals surface area contributed by atoms with Gasteiger partial charge in [0.15, 0.2) is 0 Å². The molecule has 3 heteroatoms. The molecule has 0 aliphatic carbocycles. The summed E-state index contributed by atoms with van der Waals surface area (Å²) < 4.78 is 5.79. The Morgan fingerprint density at radius 1 is 1.33 bits per heavy atom. The molecule has 1 heterocycles. The van der Waals surface area contributed by atoms with Gasteiger partial charge in [0.1, 0.15) is 5.76 Å². The number of likely N-dealkylation sites (N-methyl/N-ethyl adjacent to an activating group) is 1. The topological polar surface area (TPSA) is 33.3 Å². The minimum absolute atomic E-state index is 0.141. The Balaban J connectivity index is 2.72. The highest BCUT2D eigenvalue weighted by Gasteiger charge is 2.16. The fourth-order valence-corrected chi connectivity index (χ4v) is 2.05. The van der Waals surface area contributed by atoms with E-state index in [4.69, 9.17) is 4.74 Å². The Labute approximate surface area is 111 Å². The average molecular weight is 250 g/mol. The van der Waals surface area contributed by atoms with Crippen LogP contribution in [0.15, 0.2) is 36.3 Å². The quantitative estimate of drug-likeness (QED) is 0.561. The van der Waals surface area contributed by atoms with Crippen LogP contribution in [0.5, 0.6) is 0 Å². The lowest BCUT2D eigenvalue weighted by Crippen LogP contribution is -2.28. The maximum absolute atomic E-state index is 5.79. The number of rotatable bonds is 6. The second-order valence-corrected chi connectivity index (χ2v) is 5.00. The molecule has 0 amide bonds. The molecule has 18 heavy (non-hydrogen) atoms. The molecule has 0 spiro atoms. The first-order valence-corrected chi connectivity index (χ1v) is 6.69. The van der Waals surface area contributed by atoms with Crippen LogP contribution in [-0.2, 0) is 4.74 Å². The summed E-state index contributed by atoms with van der Waals surface area (Å²) in [6, 6.07) is 0. The molecule has 0 bridgehead atoms. The maximum Gasteiger partial charge on any atom is 0.142 e. The number of hydrogen-bond acceptors (Lipinski definition) is 3. The summed E-state index contributed by atoms with van der Waals surface area (Å²) in [4.78, 5) is 0. The van der Waals surface area contributed by atoms with Gasteiger partial charge in [0, 0.05) is 7.05 Å². The van der Waals surface area contributed by atoms with Crippen LogP contribution in [0.1, 0.15) is 26.7 Å². The van der Waals surface area contributed by atoms with Gasteiger partial charge in [-0.15, -0.1) is 0 Å². The molecule has 0 aromatic rings. The van der Waals surface area contributed by atoms with E-state index in [9.17, 15) is 0 Å². The van der Waals surface area contributed by atoms with Crippen LogP contribution in [0, 0.1) is 5.92 Å². The number of ether oxygens (including phenoxy) is 1. The molecule has 0 atom stereocenters. The van der Waals surface area contributed by atoms with Crippen molar-refractivity contribution in [2.45, 2.75) is 32.8 Å². The van der Waals surface area contributed by atoms with E-state index in [2.05, 4.69) is 23.8 Å². The lowest BCUT2D eigenvalue weighted by atomic mass is 9.90. The van der Waals surface area contributed by atoms with Crippen molar-refractivity contribution in [3.05, 3.63) is 36.3 Å². The largest absolute Gasteiger partial charge is 0.489 e. The number of piperidine rings is 1. The highest BCUT2D eigenvalue weighted by atomic mass is 16.5. The number of allylic oxidation sites excluding steroid dienone is 2. The minimum atomic E-state index is 0.141. The van der Waals surface area contributed by atoms with Gasteiger partial charge in [-0.25, -0.2) is 0 Å². The molecule has 1 fully saturated rings. The van der Waals surface area contributed by atoms with Crippen LogP contribution in [0.2, 0.25) is 0 Å². The van der Waals surface area contributed by atoms with E-state index in [0.29, 0.717) is 5.92 Å². The van der Waals surface area contributed by atoms with E-state index in [1.165, 1.54) is 0 Å². The molecule has 102 valence electrons. The van der Waals surface area contributed by atoms with Gasteiger partial charge in [0.25, 0.3) is 0 Å². The molecule has 0 unspecified atom stereocenters. The first-order valence-electron chi connectivity index (χ1n) is 6.69. The molecule has 1 aliphatic rings. The maximum atomic E-state index is 5.79. The fourth-order valence-electron chi connectivity index (χ4n) is 2.05. The Kier molecular flexibility index (Phi) is 5.99. The standard InChI is InChI=1S/C15H26N2O/c1-11(2)18-15(13(4)16-5)10-12(3)14-6-8-17-9-7-14/h10-11,14,16-17H,3-4,6-9H2,1-2,5H3/b15-10+. The highest BCUT2D eigenvalue weighted by molar-refractivity contribution is 5.31. The lowest BCUT2D eigenvalue weighted by molar-refractivity contribution is 0.152. The second-order valence-electron chi connectivity index (χ2n) is 5.00. The van der Waals surface area contributed by atoms with E-state index in [1.54, 1.807) is 0 Å². The summed E-state index contributed by atoms with van der Waals surface area (Å²) in [5.74, 6) is 1.36. The number of nitrogens with one attached hydrogen (secondary N) is 2. The third kappa shape index (κ3) is 4.57. The highest BCUT2D eigenvalue weighted by Crippen LogP contribution is 2.23. The third-order valence-corrected chi connectivity index (χ3v) is 3.14. The van der Waals surface area contributed by atoms with Gasteiger partial charge in [-0.3, -0.25) is 0 Å². The van der Waals surface area contributed by atoms with Gasteiger partial charge >= 0.3 is 0 Å². The molecule has 1 rings (SSSR count). The van der Waals surface area contributed by atoms with Crippen molar-refractivity contribution >= 4 is 0 Å². The van der Waals surface area contributed by atoms with Crippen molar-refractivity contribution in [1.82, 2.24) is 10.6 Å². The molecule has 3 nitrogen and oxygen atoms in total. The van der Waals surface area contributed by atoms with Gasteiger partial charge in [-0.1, -0.05) is 13.2 Å². The van der Waals surface area contributed by atoms with Crippen LogP contribution < -0.4 is 10.6 Å². The summed E-state index contributed by atoms with van der Waals surface area (Å²) in [5, 5.41) is 6.40. The van der Waals surface area contributed by atoms with Crippen molar-refractivity contribution in [2.24, 2.45) is 5.92 Å². The SMILES string of the molecule is C=C(NC)/C(=C\C(=C)C1CCNCC1)OC(C)C. The van der Waals surface area contributed by atoms with E-state index in [0.717, 1.165) is 43.0 Å². The molecule has 0 aromatic heterocycles. The van der Waals surface area contributed by atoms with Crippen molar-refractivity contribution < 1.29 is 4.74 Å². The van der Waals surface area contributed by atoms with Gasteiger partial charge in [0.2, 0.25) is 0 Å². The summed E-state index contributed by atoms with van der Waals surface area (Å²) in [5.41, 5.74) is 1.95. The smallest absolute Gasteiger partial charge is 0.142 e. The molecule has 0 saturated carbocycles. The zero-order valence-electron chi connectivity index (χ0n) is 11.9. The Morgan fingerprint density at radius 3 is 2.44 bits per heavy atom. The lowest BCUT2D eigenvalue weighted by Gasteiger charge is -2.24. The molecular weight excluding hydrogens is 224 g/mol. The van der Waals surface area contributed by atoms with E-state index in [1.807, 2.05) is 27.0 Å². The number of hydrogen-bond donors (Lipinski definition) is 2. The van der Waals surface area contributed by atoms with Gasteiger partial charge in [0.05, 0.1) is 11.8 Å². The zero-order chi connectivity index (χ0) is 13.5. The predicted octanol–water partition coefficient (Wildman–Crippen LogP) is 2.58. The Bertz CT molecular complexity index is 325. The van der Waals surface area contributed by atoms with Gasteiger partial charge in [-0.05, 0) is 57.3 Å². The zero-order valence-corrected chi connectivity index (χ0v) is 11.9. The third-order valence-electron chi connectivity index (χ3n) is 3.14. The summed E-state index contributed by atoms with van der Waals surface area (Å²) >= 11 is 0. The van der Waals surface area contributed by atoms with Crippen molar-refractivity contribution in [3.8, 4) is 0 Å². The molecule has 1 aliphatic heterocycles. The summed E-state index contributed by atoms with van der Waals surface area (Å²) in [6.45, 7) is 14.3. The average Bonchev–Trinajstić information content (AvgIpc) is 2.37. The van der Waals surface area contributed by atoms with Crippen molar-refractivity contribution in [1.29, 1.82) is 0 Å². The Hall–Kier alpha value is -1.22. The van der Waals surface area contributed by atoms with Crippen LogP contribution >= 0.6 is 0 Å². The van der Waals surface area contributed by atoms with Crippen molar-refractivity contribution in [2.75, 3.05) is 20.1 Å². The van der Waals surface area contributed by atoms with E-state index >= 15 is 0 Å². The van der Waals surface area contributed by atoms with E-state index in [-0.39, 0.29) is 6.10 Å². The van der Waals surface area contributed by atoms with Crippen LogP contribution in [0.3, 0.4) is 0 Å². The van der Waals surface area contributed by atoms with Crippen LogP contribution in [-0.4, -0.2) is 26.2 Å². The first kappa shape index (κ1) is 14.8.